The molecule has 212 valence electrons. The van der Waals surface area contributed by atoms with Gasteiger partial charge < -0.3 is 18.8 Å². The Labute approximate surface area is 238 Å². The number of fused-ring (bicyclic) bond motifs is 1. The first-order valence-corrected chi connectivity index (χ1v) is 14.9. The Bertz CT molecular complexity index is 1620. The molecule has 1 aromatic carbocycles. The molecule has 2 aromatic heterocycles. The summed E-state index contributed by atoms with van der Waals surface area (Å²) in [4.78, 5) is 31.9. The zero-order valence-electron chi connectivity index (χ0n) is 23.9. The lowest BCUT2D eigenvalue weighted by molar-refractivity contribution is -0.136. The Kier molecular flexibility index (Phi) is 8.30. The third-order valence-electron chi connectivity index (χ3n) is 7.76. The van der Waals surface area contributed by atoms with Crippen molar-refractivity contribution in [1.29, 1.82) is 0 Å². The summed E-state index contributed by atoms with van der Waals surface area (Å²) in [6.45, 7) is 9.03. The number of rotatable bonds is 8. The number of carbonyl (C=O) groups excluding carboxylic acids is 1. The van der Waals surface area contributed by atoms with E-state index in [-0.39, 0.29) is 11.1 Å². The topological polar surface area (TPSA) is 84.0 Å². The van der Waals surface area contributed by atoms with Gasteiger partial charge in [0.1, 0.15) is 0 Å². The maximum atomic E-state index is 14.0. The summed E-state index contributed by atoms with van der Waals surface area (Å²) in [6, 6.07) is 7.47. The minimum absolute atomic E-state index is 0.197. The van der Waals surface area contributed by atoms with Crippen molar-refractivity contribution in [2.24, 2.45) is 4.99 Å². The molecule has 8 nitrogen and oxygen atoms in total. The quantitative estimate of drug-likeness (QED) is 0.370. The van der Waals surface area contributed by atoms with Crippen molar-refractivity contribution < 1.29 is 19.0 Å². The smallest absolute Gasteiger partial charge is 0.337 e. The molecule has 1 aliphatic heterocycles. The van der Waals surface area contributed by atoms with Crippen LogP contribution in [0.1, 0.15) is 80.6 Å². The van der Waals surface area contributed by atoms with Gasteiger partial charge in [0, 0.05) is 23.6 Å². The summed E-state index contributed by atoms with van der Waals surface area (Å²) in [5.74, 6) is 0.628. The molecule has 1 fully saturated rings. The molecule has 0 spiro atoms. The fraction of sp³-hybridized carbons (Fsp3) is 0.452. The van der Waals surface area contributed by atoms with Gasteiger partial charge in [-0.25, -0.2) is 9.79 Å². The predicted octanol–water partition coefficient (Wildman–Crippen LogP) is 4.74. The van der Waals surface area contributed by atoms with E-state index in [2.05, 4.69) is 29.5 Å². The molecule has 1 atom stereocenters. The number of benzene rings is 1. The van der Waals surface area contributed by atoms with Crippen LogP contribution in [0, 0.1) is 13.8 Å². The standard InChI is InChI=1S/C31H37N3O5S/c1-6-38-25-14-13-21(16-26(25)39-7-2)28-24(30(36)37-5)18-32-31-34(28)29(35)27(40-31)17-22-15-19(3)33(20(22)4)23-11-9-8-10-12-23/h13-18,23,28H,6-12H2,1-5H3/b27-17-/t28-/m1/s1. The van der Waals surface area contributed by atoms with Gasteiger partial charge in [-0.15, -0.1) is 0 Å². The molecular weight excluding hydrogens is 526 g/mol. The van der Waals surface area contributed by atoms with E-state index >= 15 is 0 Å². The summed E-state index contributed by atoms with van der Waals surface area (Å²) >= 11 is 1.33. The lowest BCUT2D eigenvalue weighted by Gasteiger charge is -2.26. The van der Waals surface area contributed by atoms with Gasteiger partial charge in [0.2, 0.25) is 0 Å². The minimum Gasteiger partial charge on any atom is -0.490 e. The molecule has 1 saturated carbocycles. The first-order chi connectivity index (χ1) is 19.4. The molecule has 0 saturated heterocycles. The van der Waals surface area contributed by atoms with E-state index in [9.17, 15) is 9.59 Å². The number of aryl methyl sites for hydroxylation is 1. The van der Waals surface area contributed by atoms with Gasteiger partial charge in [-0.1, -0.05) is 36.7 Å². The second-order valence-electron chi connectivity index (χ2n) is 10.2. The van der Waals surface area contributed by atoms with Gasteiger partial charge in [0.25, 0.3) is 5.56 Å². The van der Waals surface area contributed by atoms with Crippen molar-refractivity contribution in [1.82, 2.24) is 9.13 Å². The average Bonchev–Trinajstić information content (AvgIpc) is 3.43. The van der Waals surface area contributed by atoms with Gasteiger partial charge in [-0.05, 0) is 75.9 Å². The Morgan fingerprint density at radius 2 is 1.77 bits per heavy atom. The van der Waals surface area contributed by atoms with Gasteiger partial charge in [-0.2, -0.15) is 0 Å². The van der Waals surface area contributed by atoms with Crippen LogP contribution in [0.25, 0.3) is 6.08 Å². The number of esters is 1. The van der Waals surface area contributed by atoms with Gasteiger partial charge in [-0.3, -0.25) is 9.36 Å². The highest BCUT2D eigenvalue weighted by Crippen LogP contribution is 2.35. The Balaban J connectivity index is 1.63. The summed E-state index contributed by atoms with van der Waals surface area (Å²) in [7, 11) is 1.33. The zero-order chi connectivity index (χ0) is 28.4. The Morgan fingerprint density at radius 1 is 1.05 bits per heavy atom. The van der Waals surface area contributed by atoms with Gasteiger partial charge in [0.15, 0.2) is 16.3 Å². The molecular formula is C31H37N3O5S. The number of ether oxygens (including phenoxy) is 3. The van der Waals surface area contributed by atoms with Crippen LogP contribution >= 0.6 is 11.3 Å². The molecule has 0 bridgehead atoms. The number of methoxy groups -OCH3 is 1. The van der Waals surface area contributed by atoms with Gasteiger partial charge >= 0.3 is 5.97 Å². The highest BCUT2D eigenvalue weighted by molar-refractivity contribution is 7.07. The molecule has 0 radical (unpaired) electrons. The molecule has 3 heterocycles. The number of nitrogens with zero attached hydrogens (tertiary/aromatic N) is 3. The Morgan fingerprint density at radius 3 is 2.48 bits per heavy atom. The summed E-state index contributed by atoms with van der Waals surface area (Å²) in [5.41, 5.74) is 4.22. The van der Waals surface area contributed by atoms with Gasteiger partial charge in [0.05, 0.1) is 36.5 Å². The van der Waals surface area contributed by atoms with Crippen molar-refractivity contribution >= 4 is 23.4 Å². The number of thiazole rings is 1. The molecule has 0 unspecified atom stereocenters. The van der Waals surface area contributed by atoms with E-state index in [1.807, 2.05) is 38.1 Å². The van der Waals surface area contributed by atoms with Crippen LogP contribution in [0.4, 0.5) is 0 Å². The van der Waals surface area contributed by atoms with Crippen LogP contribution in [0.15, 0.2) is 45.8 Å². The van der Waals surface area contributed by atoms with Crippen molar-refractivity contribution in [3.63, 3.8) is 0 Å². The number of aromatic nitrogens is 2. The van der Waals surface area contributed by atoms with Crippen LogP contribution in [0.2, 0.25) is 0 Å². The molecule has 2 aliphatic rings. The van der Waals surface area contributed by atoms with E-state index in [0.29, 0.717) is 45.7 Å². The fourth-order valence-electron chi connectivity index (χ4n) is 5.98. The van der Waals surface area contributed by atoms with Crippen LogP contribution in [-0.2, 0) is 9.53 Å². The van der Waals surface area contributed by atoms with Crippen LogP contribution in [0.5, 0.6) is 11.5 Å². The first kappa shape index (κ1) is 28.0. The van der Waals surface area contributed by atoms with Crippen molar-refractivity contribution in [2.45, 2.75) is 71.9 Å². The number of hydrogen-bond donors (Lipinski definition) is 0. The van der Waals surface area contributed by atoms with Crippen LogP contribution < -0.4 is 24.4 Å². The molecule has 40 heavy (non-hydrogen) atoms. The fourth-order valence-corrected chi connectivity index (χ4v) is 6.94. The molecule has 1 aliphatic carbocycles. The molecule has 0 amide bonds. The molecule has 0 N–H and O–H groups in total. The predicted molar refractivity (Wildman–Crippen MR) is 156 cm³/mol. The summed E-state index contributed by atoms with van der Waals surface area (Å²) in [5, 5.41) is 0. The van der Waals surface area contributed by atoms with Crippen LogP contribution in [-0.4, -0.2) is 35.4 Å². The normalized spacial score (nSPS) is 17.7. The second-order valence-corrected chi connectivity index (χ2v) is 11.2. The third kappa shape index (κ3) is 5.14. The number of hydrogen-bond acceptors (Lipinski definition) is 7. The summed E-state index contributed by atoms with van der Waals surface area (Å²) < 4.78 is 21.3. The lowest BCUT2D eigenvalue weighted by Crippen LogP contribution is -2.39. The second kappa shape index (κ2) is 11.9. The average molecular weight is 564 g/mol. The molecule has 9 heteroatoms. The van der Waals surface area contributed by atoms with Crippen LogP contribution in [0.3, 0.4) is 0 Å². The first-order valence-electron chi connectivity index (χ1n) is 14.0. The highest BCUT2D eigenvalue weighted by Gasteiger charge is 2.31. The summed E-state index contributed by atoms with van der Waals surface area (Å²) in [6.07, 6.45) is 9.69. The molecule has 5 rings (SSSR count). The molecule has 3 aromatic rings. The van der Waals surface area contributed by atoms with Crippen molar-refractivity contribution in [2.75, 3.05) is 20.3 Å². The third-order valence-corrected chi connectivity index (χ3v) is 8.76. The van der Waals surface area contributed by atoms with Crippen molar-refractivity contribution in [3.05, 3.63) is 78.2 Å². The maximum absolute atomic E-state index is 14.0. The number of carbonyl (C=O) groups is 1. The monoisotopic (exact) mass is 563 g/mol. The van der Waals surface area contributed by atoms with E-state index < -0.39 is 12.0 Å². The van der Waals surface area contributed by atoms with E-state index in [1.165, 1.54) is 68.1 Å². The largest absolute Gasteiger partial charge is 0.490 e. The van der Waals surface area contributed by atoms with E-state index in [4.69, 9.17) is 14.2 Å². The maximum Gasteiger partial charge on any atom is 0.337 e. The minimum atomic E-state index is -0.713. The lowest BCUT2D eigenvalue weighted by atomic mass is 9.95. The van der Waals surface area contributed by atoms with E-state index in [0.717, 1.165) is 5.56 Å². The highest BCUT2D eigenvalue weighted by atomic mass is 32.1. The Hall–Kier alpha value is -3.59. The zero-order valence-corrected chi connectivity index (χ0v) is 24.7. The van der Waals surface area contributed by atoms with E-state index in [1.54, 1.807) is 4.57 Å². The SMILES string of the molecule is CCOc1ccc([C@@H]2C(C(=O)OC)=CN=c3s/c(=C\c4cc(C)n(C5CCCCC5)c4C)c(=O)n32)cc1OCC. The van der Waals surface area contributed by atoms with Crippen molar-refractivity contribution in [3.8, 4) is 11.5 Å².